The number of aromatic nitrogens is 1. The van der Waals surface area contributed by atoms with E-state index in [1.165, 1.54) is 75.8 Å². The molecule has 14 heteroatoms. The van der Waals surface area contributed by atoms with Gasteiger partial charge < -0.3 is 18.9 Å². The average Bonchev–Trinajstić information content (AvgIpc) is 3.64. The number of methoxy groups -OCH3 is 1. The lowest BCUT2D eigenvalue weighted by molar-refractivity contribution is -0.136. The largest absolute Gasteiger partial charge is 0.496 e. The van der Waals surface area contributed by atoms with E-state index in [2.05, 4.69) is 10.3 Å². The predicted octanol–water partition coefficient (Wildman–Crippen LogP) is 7.50. The lowest BCUT2D eigenvalue weighted by atomic mass is 9.97. The van der Waals surface area contributed by atoms with Gasteiger partial charge in [-0.25, -0.2) is 17.8 Å². The van der Waals surface area contributed by atoms with Crippen molar-refractivity contribution in [1.29, 1.82) is 0 Å². The van der Waals surface area contributed by atoms with E-state index in [4.69, 9.17) is 13.6 Å². The Morgan fingerprint density at radius 1 is 0.936 bits per heavy atom. The Kier molecular flexibility index (Phi) is 7.70. The zero-order valence-electron chi connectivity index (χ0n) is 25.2. The van der Waals surface area contributed by atoms with Crippen molar-refractivity contribution in [1.82, 2.24) is 10.3 Å². The van der Waals surface area contributed by atoms with Crippen LogP contribution in [0.15, 0.2) is 81.6 Å². The summed E-state index contributed by atoms with van der Waals surface area (Å²) in [6.07, 6.45) is -3.67. The average molecular weight is 668 g/mol. The van der Waals surface area contributed by atoms with Gasteiger partial charge in [0.15, 0.2) is 5.58 Å². The molecule has 1 amide bonds. The van der Waals surface area contributed by atoms with Crippen molar-refractivity contribution in [2.75, 3.05) is 31.8 Å². The minimum Gasteiger partial charge on any atom is -0.496 e. The summed E-state index contributed by atoms with van der Waals surface area (Å²) in [6.45, 7) is 0. The minimum atomic E-state index is -4.68. The van der Waals surface area contributed by atoms with Crippen LogP contribution < -0.4 is 14.4 Å². The van der Waals surface area contributed by atoms with E-state index in [1.807, 2.05) is 0 Å². The Balaban J connectivity index is 1.63. The summed E-state index contributed by atoms with van der Waals surface area (Å²) in [4.78, 5) is 17.4. The summed E-state index contributed by atoms with van der Waals surface area (Å²) in [5.41, 5.74) is 0.302. The number of carbonyl (C=O) groups is 1. The van der Waals surface area contributed by atoms with E-state index in [-0.39, 0.29) is 50.9 Å². The van der Waals surface area contributed by atoms with Gasteiger partial charge in [0.05, 0.1) is 35.7 Å². The number of amides is 1. The molecule has 6 aromatic rings. The molecule has 47 heavy (non-hydrogen) atoms. The number of furan rings is 1. The van der Waals surface area contributed by atoms with E-state index in [0.717, 1.165) is 16.6 Å². The zero-order valence-corrected chi connectivity index (χ0v) is 26.0. The molecule has 9 nitrogen and oxygen atoms in total. The van der Waals surface area contributed by atoms with Crippen molar-refractivity contribution in [2.45, 2.75) is 6.18 Å². The van der Waals surface area contributed by atoms with Gasteiger partial charge in [-0.3, -0.25) is 9.10 Å². The first kappa shape index (κ1) is 31.6. The second-order valence-electron chi connectivity index (χ2n) is 10.6. The highest BCUT2D eigenvalue weighted by atomic mass is 32.2. The number of hydrogen-bond acceptors (Lipinski definition) is 7. The summed E-state index contributed by atoms with van der Waals surface area (Å²) in [5.74, 6) is -0.814. The molecule has 0 radical (unpaired) electrons. The molecule has 4 aromatic carbocycles. The number of halogens is 4. The molecule has 0 spiro atoms. The maximum atomic E-state index is 13.7. The number of sulfonamides is 1. The molecule has 0 saturated heterocycles. The van der Waals surface area contributed by atoms with E-state index < -0.39 is 33.5 Å². The molecular weight excluding hydrogens is 642 g/mol. The van der Waals surface area contributed by atoms with Crippen LogP contribution in [-0.4, -0.2) is 46.8 Å². The van der Waals surface area contributed by atoms with Gasteiger partial charge in [-0.15, -0.1) is 0 Å². The Morgan fingerprint density at radius 2 is 1.64 bits per heavy atom. The number of para-hydroxylation sites is 1. The van der Waals surface area contributed by atoms with Gasteiger partial charge >= 0.3 is 6.18 Å². The number of rotatable bonds is 7. The topological polar surface area (TPSA) is 115 Å². The Labute approximate surface area is 265 Å². The quantitative estimate of drug-likeness (QED) is 0.175. The highest BCUT2D eigenvalue weighted by molar-refractivity contribution is 7.92. The van der Waals surface area contributed by atoms with Gasteiger partial charge in [-0.1, -0.05) is 12.1 Å². The fraction of sp³-hybridized carbons (Fsp3) is 0.152. The van der Waals surface area contributed by atoms with Crippen molar-refractivity contribution in [3.63, 3.8) is 0 Å². The summed E-state index contributed by atoms with van der Waals surface area (Å²) in [7, 11) is 0.305. The number of carbonyl (C=O) groups excluding carboxylic acids is 1. The molecular formula is C33H25F4N3O6S. The van der Waals surface area contributed by atoms with Crippen LogP contribution >= 0.6 is 0 Å². The Bertz CT molecular complexity index is 2290. The number of ether oxygens (including phenoxy) is 1. The van der Waals surface area contributed by atoms with Gasteiger partial charge in [-0.05, 0) is 60.2 Å². The first-order valence-electron chi connectivity index (χ1n) is 13.9. The second-order valence-corrected chi connectivity index (χ2v) is 12.6. The number of nitrogens with zero attached hydrogens (tertiary/aromatic N) is 2. The van der Waals surface area contributed by atoms with Gasteiger partial charge in [0.25, 0.3) is 5.91 Å². The third kappa shape index (κ3) is 5.65. The van der Waals surface area contributed by atoms with Gasteiger partial charge in [0.2, 0.25) is 15.9 Å². The van der Waals surface area contributed by atoms with E-state index in [1.54, 1.807) is 12.1 Å². The number of alkyl halides is 3. The van der Waals surface area contributed by atoms with Crippen molar-refractivity contribution in [2.24, 2.45) is 0 Å². The van der Waals surface area contributed by atoms with Crippen molar-refractivity contribution >= 4 is 43.7 Å². The van der Waals surface area contributed by atoms with Crippen LogP contribution in [0.1, 0.15) is 15.9 Å². The van der Waals surface area contributed by atoms with E-state index >= 15 is 0 Å². The van der Waals surface area contributed by atoms with E-state index in [0.29, 0.717) is 22.1 Å². The molecule has 0 aliphatic rings. The molecule has 1 N–H and O–H groups in total. The van der Waals surface area contributed by atoms with Gasteiger partial charge in [-0.2, -0.15) is 13.2 Å². The molecule has 0 atom stereocenters. The zero-order chi connectivity index (χ0) is 33.8. The molecule has 0 aliphatic heterocycles. The third-order valence-electron chi connectivity index (χ3n) is 7.67. The smallest absolute Gasteiger partial charge is 0.418 e. The molecule has 0 unspecified atom stereocenters. The van der Waals surface area contributed by atoms with Crippen molar-refractivity contribution in [3.8, 4) is 39.7 Å². The monoisotopic (exact) mass is 667 g/mol. The molecule has 0 aliphatic carbocycles. The highest BCUT2D eigenvalue weighted by Gasteiger charge is 2.34. The summed E-state index contributed by atoms with van der Waals surface area (Å²) >= 11 is 0. The molecule has 2 aromatic heterocycles. The number of fused-ring (bicyclic) bond motifs is 2. The Morgan fingerprint density at radius 3 is 2.28 bits per heavy atom. The van der Waals surface area contributed by atoms with Gasteiger partial charge in [0, 0.05) is 36.7 Å². The lowest BCUT2D eigenvalue weighted by Crippen LogP contribution is -2.25. The standard InChI is InChI=1S/C33H25F4N3O6S/c1-38-31(41)28-21-15-20(24(40(2)47(4,42)43)16-27(21)45-30(28)17-8-11-19(34)12-9-17)18-10-13-25(44-3)22(14-18)32-39-29-23(33(35,36)37)6-5-7-26(29)46-32/h5-16H,1-4H3,(H,38,41). The summed E-state index contributed by atoms with van der Waals surface area (Å²) < 4.78 is 98.9. The predicted molar refractivity (Wildman–Crippen MR) is 168 cm³/mol. The van der Waals surface area contributed by atoms with Crippen LogP contribution in [0.3, 0.4) is 0 Å². The molecule has 0 bridgehead atoms. The Hall–Kier alpha value is -5.37. The molecule has 2 heterocycles. The molecule has 0 fully saturated rings. The van der Waals surface area contributed by atoms with Crippen LogP contribution in [-0.2, 0) is 16.2 Å². The van der Waals surface area contributed by atoms with Crippen LogP contribution in [0.5, 0.6) is 5.75 Å². The van der Waals surface area contributed by atoms with Crippen LogP contribution in [0.2, 0.25) is 0 Å². The third-order valence-corrected chi connectivity index (χ3v) is 8.86. The van der Waals surface area contributed by atoms with Crippen LogP contribution in [0, 0.1) is 5.82 Å². The number of oxazole rings is 1. The van der Waals surface area contributed by atoms with Crippen molar-refractivity contribution in [3.05, 3.63) is 89.7 Å². The minimum absolute atomic E-state index is 0.0943. The normalized spacial score (nSPS) is 12.1. The molecule has 0 saturated carbocycles. The maximum absolute atomic E-state index is 13.7. The van der Waals surface area contributed by atoms with Gasteiger partial charge in [0.1, 0.15) is 28.4 Å². The lowest BCUT2D eigenvalue weighted by Gasteiger charge is -2.21. The second kappa shape index (κ2) is 11.5. The fourth-order valence-corrected chi connectivity index (χ4v) is 5.80. The van der Waals surface area contributed by atoms with Crippen molar-refractivity contribution < 1.29 is 44.3 Å². The first-order valence-corrected chi connectivity index (χ1v) is 15.7. The molecule has 6 rings (SSSR count). The number of anilines is 1. The maximum Gasteiger partial charge on any atom is 0.418 e. The highest BCUT2D eigenvalue weighted by Crippen LogP contribution is 2.44. The summed E-state index contributed by atoms with van der Waals surface area (Å²) in [5, 5.41) is 2.90. The first-order chi connectivity index (χ1) is 22.2. The fourth-order valence-electron chi connectivity index (χ4n) is 5.29. The van der Waals surface area contributed by atoms with Crippen LogP contribution in [0.25, 0.3) is 56.0 Å². The number of benzene rings is 4. The number of nitrogens with one attached hydrogen (secondary N) is 1. The van der Waals surface area contributed by atoms with E-state index in [9.17, 15) is 30.8 Å². The van der Waals surface area contributed by atoms with Crippen LogP contribution in [0.4, 0.5) is 23.2 Å². The molecule has 242 valence electrons. The number of hydrogen-bond donors (Lipinski definition) is 1. The summed E-state index contributed by atoms with van der Waals surface area (Å²) in [6, 6.07) is 16.5. The SMILES string of the molecule is CNC(=O)c1c(-c2ccc(F)cc2)oc2cc(N(C)S(C)(=O)=O)c(-c3ccc(OC)c(-c4nc5c(C(F)(F)F)cccc5o4)c3)cc12.